The van der Waals surface area contributed by atoms with Gasteiger partial charge in [-0.1, -0.05) is 50.8 Å². The third-order valence-corrected chi connectivity index (χ3v) is 6.31. The van der Waals surface area contributed by atoms with Gasteiger partial charge in [-0.3, -0.25) is 4.98 Å². The highest BCUT2D eigenvalue weighted by molar-refractivity contribution is 6.07. The van der Waals surface area contributed by atoms with Crippen LogP contribution in [0.3, 0.4) is 0 Å². The van der Waals surface area contributed by atoms with Crippen molar-refractivity contribution in [1.82, 2.24) is 9.55 Å². The highest BCUT2D eigenvalue weighted by atomic mass is 19.1. The third kappa shape index (κ3) is 5.50. The van der Waals surface area contributed by atoms with Crippen molar-refractivity contribution in [2.45, 2.75) is 34.3 Å². The van der Waals surface area contributed by atoms with Crippen LogP contribution in [0.2, 0.25) is 0 Å². The molecule has 7 heteroatoms. The second-order valence-electron chi connectivity index (χ2n) is 9.11. The van der Waals surface area contributed by atoms with Crippen molar-refractivity contribution in [3.63, 3.8) is 0 Å². The fraction of sp³-hybridized carbons (Fsp3) is 0.152. The Hall–Kier alpha value is -4.78. The van der Waals surface area contributed by atoms with Crippen LogP contribution in [-0.4, -0.2) is 20.6 Å². The lowest BCUT2D eigenvalue weighted by atomic mass is 9.99. The van der Waals surface area contributed by atoms with Gasteiger partial charge in [0.05, 0.1) is 22.2 Å². The summed E-state index contributed by atoms with van der Waals surface area (Å²) >= 11 is 0. The molecule has 5 rings (SSSR count). The fourth-order valence-corrected chi connectivity index (χ4v) is 4.61. The molecule has 0 atom stereocenters. The number of pyridine rings is 1. The summed E-state index contributed by atoms with van der Waals surface area (Å²) in [5.41, 5.74) is 4.71. The van der Waals surface area contributed by atoms with Gasteiger partial charge >= 0.3 is 5.97 Å². The lowest BCUT2D eigenvalue weighted by molar-refractivity contribution is 0.0696. The van der Waals surface area contributed by atoms with Crippen molar-refractivity contribution in [2.75, 3.05) is 0 Å². The summed E-state index contributed by atoms with van der Waals surface area (Å²) in [5, 5.41) is 10.2. The molecule has 2 heterocycles. The second kappa shape index (κ2) is 11.9. The zero-order valence-corrected chi connectivity index (χ0v) is 22.8. The van der Waals surface area contributed by atoms with Crippen molar-refractivity contribution < 1.29 is 23.4 Å². The molecule has 0 radical (unpaired) electrons. The number of aromatic nitrogens is 2. The van der Waals surface area contributed by atoms with Crippen molar-refractivity contribution in [1.29, 1.82) is 0 Å². The Balaban J connectivity index is 0.00000181. The number of rotatable bonds is 7. The standard InChI is InChI=1S/C31H24F2N2O3.C2H6/c1-18(2)30-28(21-12-22(31(36)37)16-34-15-21)29-26(35(30)24-9-10-25(33)19(3)11-24)13-23(32)14-27(29)38-17-20-7-5-4-6-8-20;1-2/h4-16H,1,17H2,2-3H3,(H,36,37);1-2H3. The Morgan fingerprint density at radius 1 is 1.02 bits per heavy atom. The number of aryl methyl sites for hydroxylation is 1. The predicted octanol–water partition coefficient (Wildman–Crippen LogP) is 8.62. The van der Waals surface area contributed by atoms with Gasteiger partial charge in [-0.05, 0) is 60.9 Å². The van der Waals surface area contributed by atoms with E-state index in [2.05, 4.69) is 11.6 Å². The fourth-order valence-electron chi connectivity index (χ4n) is 4.61. The molecule has 2 aromatic heterocycles. The number of aromatic carboxylic acids is 1. The Bertz CT molecular complexity index is 1710. The summed E-state index contributed by atoms with van der Waals surface area (Å²) in [6, 6.07) is 18.3. The molecule has 40 heavy (non-hydrogen) atoms. The van der Waals surface area contributed by atoms with Gasteiger partial charge in [0.2, 0.25) is 0 Å². The first-order valence-corrected chi connectivity index (χ1v) is 12.9. The maximum Gasteiger partial charge on any atom is 0.337 e. The van der Waals surface area contributed by atoms with Crippen LogP contribution in [0, 0.1) is 18.6 Å². The van der Waals surface area contributed by atoms with Gasteiger partial charge in [0.25, 0.3) is 0 Å². The summed E-state index contributed by atoms with van der Waals surface area (Å²) < 4.78 is 37.3. The van der Waals surface area contributed by atoms with Crippen LogP contribution in [0.5, 0.6) is 5.75 Å². The Labute approximate surface area is 232 Å². The highest BCUT2D eigenvalue weighted by Gasteiger charge is 2.25. The number of carboxylic acid groups (broad SMARTS) is 1. The zero-order chi connectivity index (χ0) is 29.0. The van der Waals surface area contributed by atoms with Crippen LogP contribution in [-0.2, 0) is 6.61 Å². The van der Waals surface area contributed by atoms with Crippen LogP contribution < -0.4 is 4.74 Å². The molecule has 0 aliphatic carbocycles. The molecule has 5 aromatic rings. The van der Waals surface area contributed by atoms with Crippen molar-refractivity contribution in [2.24, 2.45) is 0 Å². The number of hydrogen-bond acceptors (Lipinski definition) is 3. The summed E-state index contributed by atoms with van der Waals surface area (Å²) in [5.74, 6) is -1.73. The number of hydrogen-bond donors (Lipinski definition) is 1. The van der Waals surface area contributed by atoms with Gasteiger partial charge in [-0.15, -0.1) is 0 Å². The minimum Gasteiger partial charge on any atom is -0.488 e. The van der Waals surface area contributed by atoms with E-state index in [0.717, 1.165) is 5.56 Å². The van der Waals surface area contributed by atoms with Gasteiger partial charge in [0, 0.05) is 35.3 Å². The van der Waals surface area contributed by atoms with Crippen molar-refractivity contribution in [3.05, 3.63) is 120 Å². The number of ether oxygens (including phenoxy) is 1. The first-order valence-electron chi connectivity index (χ1n) is 12.9. The minimum absolute atomic E-state index is 0.00237. The molecule has 0 unspecified atom stereocenters. The number of nitrogens with zero attached hydrogens (tertiary/aromatic N) is 2. The first kappa shape index (κ1) is 28.2. The van der Waals surface area contributed by atoms with Crippen molar-refractivity contribution >= 4 is 22.4 Å². The molecule has 0 aliphatic heterocycles. The molecule has 0 saturated carbocycles. The Morgan fingerprint density at radius 2 is 1.75 bits per heavy atom. The van der Waals surface area contributed by atoms with Gasteiger partial charge in [0.15, 0.2) is 0 Å². The Morgan fingerprint density at radius 3 is 2.40 bits per heavy atom. The highest BCUT2D eigenvalue weighted by Crippen LogP contribution is 2.45. The molecule has 5 nitrogen and oxygen atoms in total. The zero-order valence-electron chi connectivity index (χ0n) is 22.8. The number of benzene rings is 3. The SMILES string of the molecule is C=C(C)c1c(-c2cncc(C(=O)O)c2)c2c(OCc3ccccc3)cc(F)cc2n1-c1ccc(F)c(C)c1.CC. The monoisotopic (exact) mass is 540 g/mol. The first-order chi connectivity index (χ1) is 19.2. The predicted molar refractivity (Wildman–Crippen MR) is 155 cm³/mol. The van der Waals surface area contributed by atoms with Gasteiger partial charge < -0.3 is 14.4 Å². The smallest absolute Gasteiger partial charge is 0.337 e. The molecule has 204 valence electrons. The summed E-state index contributed by atoms with van der Waals surface area (Å²) in [6.45, 7) is 11.8. The topological polar surface area (TPSA) is 64.3 Å². The van der Waals surface area contributed by atoms with E-state index in [1.807, 2.05) is 44.2 Å². The molecule has 3 aromatic carbocycles. The largest absolute Gasteiger partial charge is 0.488 e. The van der Waals surface area contributed by atoms with Crippen LogP contribution in [0.15, 0.2) is 85.7 Å². The average molecular weight is 541 g/mol. The molecule has 0 saturated heterocycles. The molecule has 0 amide bonds. The molecular formula is C33H30F2N2O3. The van der Waals surface area contributed by atoms with Crippen molar-refractivity contribution in [3.8, 4) is 22.6 Å². The van der Waals surface area contributed by atoms with E-state index in [-0.39, 0.29) is 23.7 Å². The Kier molecular flexibility index (Phi) is 8.43. The third-order valence-electron chi connectivity index (χ3n) is 6.31. The van der Waals surface area contributed by atoms with E-state index < -0.39 is 11.8 Å². The average Bonchev–Trinajstić information content (AvgIpc) is 3.30. The summed E-state index contributed by atoms with van der Waals surface area (Å²) in [6.07, 6.45) is 2.82. The number of carboxylic acids is 1. The molecule has 1 N–H and O–H groups in total. The number of halogens is 2. The second-order valence-corrected chi connectivity index (χ2v) is 9.11. The molecule has 0 aliphatic rings. The van der Waals surface area contributed by atoms with E-state index in [0.29, 0.717) is 44.5 Å². The van der Waals surface area contributed by atoms with Crippen LogP contribution in [0.4, 0.5) is 8.78 Å². The number of allylic oxidation sites excluding steroid dienone is 1. The normalized spacial score (nSPS) is 10.7. The lowest BCUT2D eigenvalue weighted by Crippen LogP contribution is -2.01. The van der Waals surface area contributed by atoms with Gasteiger partial charge in [0.1, 0.15) is 24.0 Å². The lowest BCUT2D eigenvalue weighted by Gasteiger charge is -2.14. The number of carbonyl (C=O) groups is 1. The van der Waals surface area contributed by atoms with E-state index >= 15 is 4.39 Å². The van der Waals surface area contributed by atoms with E-state index in [9.17, 15) is 14.3 Å². The van der Waals surface area contributed by atoms with Crippen LogP contribution in [0.25, 0.3) is 33.3 Å². The minimum atomic E-state index is -1.12. The molecule has 0 bridgehead atoms. The molecule has 0 spiro atoms. The number of fused-ring (bicyclic) bond motifs is 1. The summed E-state index contributed by atoms with van der Waals surface area (Å²) in [4.78, 5) is 15.9. The van der Waals surface area contributed by atoms with Gasteiger partial charge in [-0.25, -0.2) is 13.6 Å². The van der Waals surface area contributed by atoms with E-state index in [1.165, 1.54) is 30.5 Å². The maximum atomic E-state index is 15.1. The van der Waals surface area contributed by atoms with Gasteiger partial charge in [-0.2, -0.15) is 0 Å². The quantitative estimate of drug-likeness (QED) is 0.224. The maximum absolute atomic E-state index is 15.1. The molecule has 0 fully saturated rings. The van der Waals surface area contributed by atoms with Crippen LogP contribution in [0.1, 0.15) is 48.0 Å². The van der Waals surface area contributed by atoms with E-state index in [1.54, 1.807) is 36.7 Å². The summed E-state index contributed by atoms with van der Waals surface area (Å²) in [7, 11) is 0. The van der Waals surface area contributed by atoms with E-state index in [4.69, 9.17) is 4.74 Å². The molecular weight excluding hydrogens is 510 g/mol. The van der Waals surface area contributed by atoms with Crippen LogP contribution >= 0.6 is 0 Å².